The van der Waals surface area contributed by atoms with Crippen molar-refractivity contribution in [1.29, 1.82) is 0 Å². The average Bonchev–Trinajstić information content (AvgIpc) is 2.34. The highest BCUT2D eigenvalue weighted by atomic mass is 79.9. The predicted molar refractivity (Wildman–Crippen MR) is 64.0 cm³/mol. The third-order valence-electron chi connectivity index (χ3n) is 3.24. The first-order chi connectivity index (χ1) is 8.01. The minimum Gasteiger partial charge on any atom is -0.438 e. The lowest BCUT2D eigenvalue weighted by Crippen LogP contribution is -2.46. The smallest absolute Gasteiger partial charge is 0.438 e. The first-order valence-electron chi connectivity index (χ1n) is 5.52. The maximum Gasteiger partial charge on any atom is 0.508 e. The Balaban J connectivity index is 2.80. The first kappa shape index (κ1) is 14.4. The van der Waals surface area contributed by atoms with Gasteiger partial charge in [0.05, 0.1) is 24.5 Å². The first-order valence-corrected chi connectivity index (χ1v) is 6.64. The van der Waals surface area contributed by atoms with E-state index in [1.54, 1.807) is 6.92 Å². The summed E-state index contributed by atoms with van der Waals surface area (Å²) in [5, 5.41) is 9.97. The van der Waals surface area contributed by atoms with Crippen LogP contribution in [0.2, 0.25) is 0 Å². The quantitative estimate of drug-likeness (QED) is 0.632. The Morgan fingerprint density at radius 2 is 2.06 bits per heavy atom. The summed E-state index contributed by atoms with van der Waals surface area (Å²) in [6.45, 7) is 1.77. The summed E-state index contributed by atoms with van der Waals surface area (Å²) in [7, 11) is 1.22. The number of carbonyl (C=O) groups is 2. The molecule has 0 bridgehead atoms. The third-order valence-corrected chi connectivity index (χ3v) is 3.79. The second-order valence-corrected chi connectivity index (χ2v) is 4.81. The van der Waals surface area contributed by atoms with Crippen LogP contribution in [0.25, 0.3) is 0 Å². The van der Waals surface area contributed by atoms with Crippen molar-refractivity contribution in [3.05, 3.63) is 0 Å². The van der Waals surface area contributed by atoms with E-state index in [0.29, 0.717) is 12.8 Å². The SMILES string of the molecule is COC(=O)OC1C(C(=O)CBr)CC[C@H](O)C1C. The molecule has 5 nitrogen and oxygen atoms in total. The molecular weight excluding hydrogens is 292 g/mol. The van der Waals surface area contributed by atoms with E-state index in [4.69, 9.17) is 4.74 Å². The fraction of sp³-hybridized carbons (Fsp3) is 0.818. The molecule has 0 aromatic carbocycles. The zero-order valence-corrected chi connectivity index (χ0v) is 11.5. The largest absolute Gasteiger partial charge is 0.508 e. The average molecular weight is 309 g/mol. The predicted octanol–water partition coefficient (Wildman–Crippen LogP) is 1.51. The minimum absolute atomic E-state index is 0.0161. The van der Waals surface area contributed by atoms with Crippen LogP contribution in [0.15, 0.2) is 0 Å². The molecule has 0 aromatic rings. The number of methoxy groups -OCH3 is 1. The van der Waals surface area contributed by atoms with Crippen LogP contribution in [0.1, 0.15) is 19.8 Å². The maximum absolute atomic E-state index is 11.7. The number of Topliss-reactive ketones (excluding diaryl/α,β-unsaturated/α-hetero) is 1. The minimum atomic E-state index is -0.816. The van der Waals surface area contributed by atoms with Gasteiger partial charge in [0.2, 0.25) is 0 Å². The number of ketones is 1. The standard InChI is InChI=1S/C11H17BrO5/c1-6-8(13)4-3-7(9(14)5-12)10(6)17-11(15)16-2/h6-8,10,13H,3-5H2,1-2H3/t6?,7?,8-,10?/m0/s1. The second kappa shape index (κ2) is 6.35. The molecule has 0 aromatic heterocycles. The van der Waals surface area contributed by atoms with Crippen molar-refractivity contribution in [2.75, 3.05) is 12.4 Å². The van der Waals surface area contributed by atoms with E-state index in [1.165, 1.54) is 7.11 Å². The van der Waals surface area contributed by atoms with Crippen molar-refractivity contribution in [3.8, 4) is 0 Å². The molecule has 1 N–H and O–H groups in total. The number of alkyl halides is 1. The van der Waals surface area contributed by atoms with Crippen LogP contribution in [-0.2, 0) is 14.3 Å². The summed E-state index contributed by atoms with van der Waals surface area (Å²) >= 11 is 3.11. The summed E-state index contributed by atoms with van der Waals surface area (Å²) in [5.41, 5.74) is 0. The molecule has 3 unspecified atom stereocenters. The van der Waals surface area contributed by atoms with Gasteiger partial charge in [-0.05, 0) is 12.8 Å². The van der Waals surface area contributed by atoms with Crippen LogP contribution in [0.4, 0.5) is 4.79 Å². The highest BCUT2D eigenvalue weighted by molar-refractivity contribution is 9.09. The topological polar surface area (TPSA) is 72.8 Å². The van der Waals surface area contributed by atoms with Gasteiger partial charge in [0.25, 0.3) is 0 Å². The molecule has 1 saturated carbocycles. The lowest BCUT2D eigenvalue weighted by atomic mass is 9.76. The van der Waals surface area contributed by atoms with Crippen molar-refractivity contribution in [3.63, 3.8) is 0 Å². The molecule has 1 aliphatic rings. The van der Waals surface area contributed by atoms with Crippen LogP contribution in [-0.4, -0.2) is 41.7 Å². The fourth-order valence-corrected chi connectivity index (χ4v) is 2.57. The van der Waals surface area contributed by atoms with Gasteiger partial charge >= 0.3 is 6.16 Å². The van der Waals surface area contributed by atoms with Gasteiger partial charge in [0.15, 0.2) is 0 Å². The van der Waals surface area contributed by atoms with E-state index in [2.05, 4.69) is 20.7 Å². The Morgan fingerprint density at radius 3 is 2.59 bits per heavy atom. The zero-order valence-electron chi connectivity index (χ0n) is 9.89. The van der Waals surface area contributed by atoms with E-state index >= 15 is 0 Å². The van der Waals surface area contributed by atoms with Crippen LogP contribution in [0.3, 0.4) is 0 Å². The van der Waals surface area contributed by atoms with E-state index < -0.39 is 18.4 Å². The number of hydrogen-bond acceptors (Lipinski definition) is 5. The second-order valence-electron chi connectivity index (χ2n) is 4.25. The molecule has 17 heavy (non-hydrogen) atoms. The summed E-state index contributed by atoms with van der Waals surface area (Å²) in [6.07, 6.45) is -0.910. The summed E-state index contributed by atoms with van der Waals surface area (Å²) in [6, 6.07) is 0. The van der Waals surface area contributed by atoms with E-state index in [0.717, 1.165) is 0 Å². The van der Waals surface area contributed by atoms with Gasteiger partial charge in [-0.25, -0.2) is 4.79 Å². The molecule has 0 amide bonds. The number of halogens is 1. The number of ether oxygens (including phenoxy) is 2. The summed E-state index contributed by atoms with van der Waals surface area (Å²) in [5.74, 6) is -0.652. The molecular formula is C11H17BrO5. The van der Waals surface area contributed by atoms with Crippen LogP contribution in [0, 0.1) is 11.8 Å². The number of aliphatic hydroxyl groups is 1. The van der Waals surface area contributed by atoms with Gasteiger partial charge in [-0.2, -0.15) is 0 Å². The van der Waals surface area contributed by atoms with Crippen molar-refractivity contribution in [1.82, 2.24) is 0 Å². The van der Waals surface area contributed by atoms with E-state index in [-0.39, 0.29) is 22.9 Å². The van der Waals surface area contributed by atoms with Crippen LogP contribution >= 0.6 is 15.9 Å². The van der Waals surface area contributed by atoms with Crippen molar-refractivity contribution in [2.45, 2.75) is 32.0 Å². The van der Waals surface area contributed by atoms with Crippen LogP contribution in [0.5, 0.6) is 0 Å². The number of rotatable bonds is 3. The fourth-order valence-electron chi connectivity index (χ4n) is 2.15. The van der Waals surface area contributed by atoms with E-state index in [9.17, 15) is 14.7 Å². The normalized spacial score (nSPS) is 32.9. The molecule has 0 spiro atoms. The van der Waals surface area contributed by atoms with Crippen LogP contribution < -0.4 is 0 Å². The Kier molecular flexibility index (Phi) is 5.39. The molecule has 0 radical (unpaired) electrons. The molecule has 6 heteroatoms. The van der Waals surface area contributed by atoms with Gasteiger partial charge < -0.3 is 14.6 Å². The molecule has 0 saturated heterocycles. The van der Waals surface area contributed by atoms with E-state index in [1.807, 2.05) is 0 Å². The van der Waals surface area contributed by atoms with Crippen molar-refractivity contribution >= 4 is 27.9 Å². The van der Waals surface area contributed by atoms with Crippen molar-refractivity contribution in [2.24, 2.45) is 11.8 Å². The molecule has 0 heterocycles. The summed E-state index contributed by atoms with van der Waals surface area (Å²) in [4.78, 5) is 22.9. The third kappa shape index (κ3) is 3.42. The molecule has 1 aliphatic carbocycles. The molecule has 0 aliphatic heterocycles. The molecule has 4 atom stereocenters. The van der Waals surface area contributed by atoms with Gasteiger partial charge in [-0.1, -0.05) is 22.9 Å². The molecule has 1 rings (SSSR count). The highest BCUT2D eigenvalue weighted by Crippen LogP contribution is 2.33. The number of aliphatic hydroxyl groups excluding tert-OH is 1. The maximum atomic E-state index is 11.7. The Labute approximate surface area is 109 Å². The van der Waals surface area contributed by atoms with Gasteiger partial charge in [-0.15, -0.1) is 0 Å². The lowest BCUT2D eigenvalue weighted by molar-refractivity contribution is -0.132. The molecule has 1 fully saturated rings. The summed E-state index contributed by atoms with van der Waals surface area (Å²) < 4.78 is 9.53. The lowest BCUT2D eigenvalue weighted by Gasteiger charge is -2.37. The zero-order chi connectivity index (χ0) is 13.0. The Hall–Kier alpha value is -0.620. The van der Waals surface area contributed by atoms with Gasteiger partial charge in [-0.3, -0.25) is 4.79 Å². The monoisotopic (exact) mass is 308 g/mol. The van der Waals surface area contributed by atoms with Gasteiger partial charge in [0, 0.05) is 5.92 Å². The molecule has 98 valence electrons. The Morgan fingerprint density at radius 1 is 1.41 bits per heavy atom. The number of hydrogen-bond donors (Lipinski definition) is 1. The Bertz CT molecular complexity index is 294. The van der Waals surface area contributed by atoms with Crippen molar-refractivity contribution < 1.29 is 24.2 Å². The number of carbonyl (C=O) groups excluding carboxylic acids is 2. The highest BCUT2D eigenvalue weighted by Gasteiger charge is 2.41. The van der Waals surface area contributed by atoms with Gasteiger partial charge in [0.1, 0.15) is 11.9 Å².